The lowest BCUT2D eigenvalue weighted by Crippen LogP contribution is -2.21. The molecule has 12 heteroatoms. The van der Waals surface area contributed by atoms with Gasteiger partial charge in [0.25, 0.3) is 0 Å². The van der Waals surface area contributed by atoms with Gasteiger partial charge in [-0.25, -0.2) is 9.59 Å². The lowest BCUT2D eigenvalue weighted by molar-refractivity contribution is -0.135. The molecule has 192 valence electrons. The van der Waals surface area contributed by atoms with Crippen molar-refractivity contribution in [2.24, 2.45) is 5.16 Å². The highest BCUT2D eigenvalue weighted by molar-refractivity contribution is 7.90. The number of pyridine rings is 1. The number of carbonyl (C=O) groups is 2. The van der Waals surface area contributed by atoms with Gasteiger partial charge >= 0.3 is 17.2 Å². The lowest BCUT2D eigenvalue weighted by Gasteiger charge is -2.14. The fraction of sp³-hybridized carbons (Fsp3) is 0.375. The quantitative estimate of drug-likeness (QED) is 0.0937. The van der Waals surface area contributed by atoms with Crippen molar-refractivity contribution in [3.8, 4) is 5.75 Å². The summed E-state index contributed by atoms with van der Waals surface area (Å²) in [4.78, 5) is 38.4. The smallest absolute Gasteiger partial charge is 0.449 e. The monoisotopic (exact) mass is 516 g/mol. The number of carbonyl (C=O) groups excluding carboxylic acids is 2. The number of hydrogen-bond acceptors (Lipinski definition) is 10. The lowest BCUT2D eigenvalue weighted by atomic mass is 10.2. The first-order valence-electron chi connectivity index (χ1n) is 11.2. The Labute approximate surface area is 211 Å². The van der Waals surface area contributed by atoms with Crippen LogP contribution in [-0.2, 0) is 36.0 Å². The molecule has 0 aliphatic heterocycles. The van der Waals surface area contributed by atoms with Gasteiger partial charge in [-0.2, -0.15) is 9.55 Å². The Balaban J connectivity index is 1.86. The van der Waals surface area contributed by atoms with Gasteiger partial charge in [0.2, 0.25) is 0 Å². The number of nitrogens with zero attached hydrogens (tertiary/aromatic N) is 4. The van der Waals surface area contributed by atoms with E-state index >= 15 is 0 Å². The van der Waals surface area contributed by atoms with Crippen molar-refractivity contribution < 1.29 is 33.2 Å². The van der Waals surface area contributed by atoms with Crippen molar-refractivity contribution in [3.05, 3.63) is 47.8 Å². The third-order valence-corrected chi connectivity index (χ3v) is 6.24. The Bertz CT molecular complexity index is 1240. The number of aromatic nitrogens is 3. The Morgan fingerprint density at radius 2 is 1.97 bits per heavy atom. The number of benzene rings is 1. The molecule has 36 heavy (non-hydrogen) atoms. The van der Waals surface area contributed by atoms with Gasteiger partial charge < -0.3 is 18.8 Å². The zero-order valence-electron chi connectivity index (χ0n) is 20.6. The summed E-state index contributed by atoms with van der Waals surface area (Å²) in [6.45, 7) is 6.04. The van der Waals surface area contributed by atoms with Gasteiger partial charge in [0.1, 0.15) is 5.75 Å². The van der Waals surface area contributed by atoms with Gasteiger partial charge in [-0.05, 0) is 39.0 Å². The number of esters is 1. The van der Waals surface area contributed by atoms with Crippen LogP contribution < -0.4 is 4.74 Å². The highest BCUT2D eigenvalue weighted by Gasteiger charge is 2.29. The number of para-hydroxylation sites is 2. The maximum atomic E-state index is 13.4. The molecule has 0 bridgehead atoms. The van der Waals surface area contributed by atoms with Gasteiger partial charge in [-0.1, -0.05) is 17.3 Å². The normalized spacial score (nSPS) is 12.4. The van der Waals surface area contributed by atoms with Crippen LogP contribution in [0.3, 0.4) is 0 Å². The molecule has 0 fully saturated rings. The molecule has 0 spiro atoms. The second kappa shape index (κ2) is 13.0. The second-order valence-corrected chi connectivity index (χ2v) is 8.88. The van der Waals surface area contributed by atoms with Gasteiger partial charge in [-0.15, -0.1) is 0 Å². The molecule has 1 aromatic carbocycles. The third kappa shape index (κ3) is 6.59. The third-order valence-electron chi connectivity index (χ3n) is 5.02. The molecule has 0 saturated heterocycles. The van der Waals surface area contributed by atoms with Gasteiger partial charge in [-0.3, -0.25) is 9.82 Å². The highest BCUT2D eigenvalue weighted by Crippen LogP contribution is 2.26. The Morgan fingerprint density at radius 3 is 2.72 bits per heavy atom. The predicted octanol–water partition coefficient (Wildman–Crippen LogP) is 3.39. The zero-order chi connectivity index (χ0) is 26.1. The van der Waals surface area contributed by atoms with E-state index in [9.17, 15) is 14.1 Å². The summed E-state index contributed by atoms with van der Waals surface area (Å²) in [5.74, 6) is -0.0942. The molecule has 0 saturated carbocycles. The van der Waals surface area contributed by atoms with Crippen LogP contribution in [0.25, 0.3) is 11.0 Å². The SMILES string of the molecule is CCOC(=O)/C(C)=N/OC(=O)n1c([S+]([O-])Cc2nccc(OCCCOC)c2C)nc2ccccc21. The van der Waals surface area contributed by atoms with Crippen LogP contribution >= 0.6 is 0 Å². The summed E-state index contributed by atoms with van der Waals surface area (Å²) < 4.78 is 30.2. The summed E-state index contributed by atoms with van der Waals surface area (Å²) in [6, 6.07) is 8.53. The number of rotatable bonds is 11. The number of oxime groups is 1. The number of methoxy groups -OCH3 is 1. The summed E-state index contributed by atoms with van der Waals surface area (Å²) in [6.07, 6.45) is 1.34. The van der Waals surface area contributed by atoms with E-state index in [2.05, 4.69) is 15.1 Å². The topological polar surface area (TPSA) is 137 Å². The van der Waals surface area contributed by atoms with Crippen molar-refractivity contribution in [3.63, 3.8) is 0 Å². The Kier molecular flexibility index (Phi) is 9.79. The van der Waals surface area contributed by atoms with E-state index in [-0.39, 0.29) is 23.2 Å². The molecule has 0 radical (unpaired) electrons. The minimum Gasteiger partial charge on any atom is -0.609 e. The minimum atomic E-state index is -1.78. The van der Waals surface area contributed by atoms with E-state index in [1.807, 2.05) is 6.92 Å². The summed E-state index contributed by atoms with van der Waals surface area (Å²) >= 11 is -1.78. The molecule has 0 amide bonds. The average molecular weight is 517 g/mol. The molecule has 2 heterocycles. The van der Waals surface area contributed by atoms with Crippen molar-refractivity contribution in [2.75, 3.05) is 26.9 Å². The van der Waals surface area contributed by atoms with Crippen LogP contribution in [0.5, 0.6) is 5.75 Å². The first-order valence-corrected chi connectivity index (χ1v) is 12.5. The summed E-state index contributed by atoms with van der Waals surface area (Å²) in [5, 5.41) is 3.53. The van der Waals surface area contributed by atoms with E-state index in [1.165, 1.54) is 6.92 Å². The first kappa shape index (κ1) is 27.1. The van der Waals surface area contributed by atoms with Gasteiger partial charge in [0.05, 0.1) is 29.9 Å². The number of hydrogen-bond donors (Lipinski definition) is 0. The standard InChI is InChI=1S/C24H28N4O7S/c1-5-33-22(29)17(3)27-35-24(30)28-20-10-7-6-9-18(20)26-23(28)36(31)15-19-16(2)21(11-12-25-19)34-14-8-13-32-4/h6-7,9-12H,5,8,13-15H2,1-4H3/b27-17+. The van der Waals surface area contributed by atoms with Crippen molar-refractivity contribution >= 4 is 40.0 Å². The molecule has 11 nitrogen and oxygen atoms in total. The average Bonchev–Trinajstić information content (AvgIpc) is 3.27. The van der Waals surface area contributed by atoms with Crippen molar-refractivity contribution in [1.82, 2.24) is 14.5 Å². The van der Waals surface area contributed by atoms with Crippen LogP contribution in [0.1, 0.15) is 31.5 Å². The van der Waals surface area contributed by atoms with Gasteiger partial charge in [0, 0.05) is 43.1 Å². The molecular formula is C24H28N4O7S. The number of imidazole rings is 1. The maximum Gasteiger partial charge on any atom is 0.449 e. The summed E-state index contributed by atoms with van der Waals surface area (Å²) in [5.41, 5.74) is 1.97. The van der Waals surface area contributed by atoms with Crippen LogP contribution in [0.2, 0.25) is 0 Å². The largest absolute Gasteiger partial charge is 0.609 e. The van der Waals surface area contributed by atoms with Crippen LogP contribution in [-0.4, -0.2) is 63.8 Å². The molecule has 1 unspecified atom stereocenters. The molecule has 0 aliphatic carbocycles. The van der Waals surface area contributed by atoms with Crippen molar-refractivity contribution in [2.45, 2.75) is 38.1 Å². The van der Waals surface area contributed by atoms with Crippen LogP contribution in [0.4, 0.5) is 4.79 Å². The molecule has 3 rings (SSSR count). The molecular weight excluding hydrogens is 488 g/mol. The number of ether oxygens (including phenoxy) is 3. The van der Waals surface area contributed by atoms with Gasteiger partial charge in [0.15, 0.2) is 11.5 Å². The van der Waals surface area contributed by atoms with Crippen LogP contribution in [0.15, 0.2) is 46.8 Å². The van der Waals surface area contributed by atoms with Crippen LogP contribution in [0, 0.1) is 6.92 Å². The fourth-order valence-corrected chi connectivity index (χ4v) is 4.43. The van der Waals surface area contributed by atoms with E-state index in [4.69, 9.17) is 19.0 Å². The number of fused-ring (bicyclic) bond motifs is 1. The molecule has 1 atom stereocenters. The Hall–Kier alpha value is -3.48. The molecule has 0 aliphatic rings. The zero-order valence-corrected chi connectivity index (χ0v) is 21.4. The van der Waals surface area contributed by atoms with Crippen molar-refractivity contribution in [1.29, 1.82) is 0 Å². The maximum absolute atomic E-state index is 13.4. The summed E-state index contributed by atoms with van der Waals surface area (Å²) in [7, 11) is 1.63. The minimum absolute atomic E-state index is 0.0111. The fourth-order valence-electron chi connectivity index (χ4n) is 3.19. The van der Waals surface area contributed by atoms with E-state index in [1.54, 1.807) is 50.6 Å². The predicted molar refractivity (Wildman–Crippen MR) is 132 cm³/mol. The highest BCUT2D eigenvalue weighted by atomic mass is 32.2. The van der Waals surface area contributed by atoms with E-state index < -0.39 is 23.2 Å². The molecule has 2 aromatic heterocycles. The first-order chi connectivity index (χ1) is 17.4. The Morgan fingerprint density at radius 1 is 1.19 bits per heavy atom. The van der Waals surface area contributed by atoms with E-state index in [0.717, 1.165) is 16.6 Å². The van der Waals surface area contributed by atoms with E-state index in [0.29, 0.717) is 35.7 Å². The molecule has 3 aromatic rings. The second-order valence-electron chi connectivity index (χ2n) is 7.54. The molecule has 0 N–H and O–H groups in total.